The van der Waals surface area contributed by atoms with Crippen molar-refractivity contribution in [3.05, 3.63) is 71.8 Å². The molecule has 0 spiro atoms. The highest BCUT2D eigenvalue weighted by Gasteiger charge is 2.11. The second-order valence-corrected chi connectivity index (χ2v) is 6.81. The second kappa shape index (κ2) is 13.6. The maximum atomic E-state index is 12.7. The summed E-state index contributed by atoms with van der Waals surface area (Å²) in [5, 5.41) is 10.4. The first-order valence-corrected chi connectivity index (χ1v) is 10.1. The summed E-state index contributed by atoms with van der Waals surface area (Å²) in [5.74, 6) is 1.19. The summed E-state index contributed by atoms with van der Waals surface area (Å²) in [6, 6.07) is 12.7. The minimum Gasteiger partial charge on any atom is -0.497 e. The molecule has 3 aromatic rings. The van der Waals surface area contributed by atoms with E-state index in [4.69, 9.17) is 4.74 Å². The van der Waals surface area contributed by atoms with Crippen LogP contribution in [0.3, 0.4) is 0 Å². The summed E-state index contributed by atoms with van der Waals surface area (Å²) < 4.78 is 37.1. The number of hydrogen-bond donors (Lipinski definition) is 2. The van der Waals surface area contributed by atoms with Gasteiger partial charge < -0.3 is 20.1 Å². The van der Waals surface area contributed by atoms with Gasteiger partial charge >= 0.3 is 6.61 Å². The van der Waals surface area contributed by atoms with Crippen LogP contribution in [0, 0.1) is 0 Å². The van der Waals surface area contributed by atoms with Crippen LogP contribution in [0.4, 0.5) is 8.78 Å². The molecule has 0 fully saturated rings. The number of rotatable bonds is 10. The van der Waals surface area contributed by atoms with Gasteiger partial charge in [0, 0.05) is 18.7 Å². The van der Waals surface area contributed by atoms with Crippen molar-refractivity contribution in [1.29, 1.82) is 0 Å². The Labute approximate surface area is 208 Å². The molecule has 0 aliphatic carbocycles. The summed E-state index contributed by atoms with van der Waals surface area (Å²) in [5.41, 5.74) is 2.65. The van der Waals surface area contributed by atoms with Gasteiger partial charge in [-0.3, -0.25) is 0 Å². The fourth-order valence-electron chi connectivity index (χ4n) is 3.05. The maximum absolute atomic E-state index is 12.7. The van der Waals surface area contributed by atoms with Crippen molar-refractivity contribution >= 4 is 29.9 Å². The molecular weight excluding hydrogens is 545 g/mol. The Hall–Kier alpha value is -2.96. The minimum atomic E-state index is -2.91. The van der Waals surface area contributed by atoms with Gasteiger partial charge in [0.2, 0.25) is 0 Å². The predicted octanol–water partition coefficient (Wildman–Crippen LogP) is 3.81. The van der Waals surface area contributed by atoms with Crippen LogP contribution in [-0.2, 0) is 19.6 Å². The third-order valence-corrected chi connectivity index (χ3v) is 4.50. The molecule has 0 aliphatic rings. The SMILES string of the molecule is CCNC(=NCc1cccc(Cn2cncn2)c1)NCc1cc(OC)ccc1OC(F)F.I. The third-order valence-electron chi connectivity index (χ3n) is 4.50. The second-order valence-electron chi connectivity index (χ2n) is 6.81. The Morgan fingerprint density at radius 3 is 2.67 bits per heavy atom. The lowest BCUT2D eigenvalue weighted by atomic mass is 10.1. The number of aliphatic imine (C=N–C) groups is 1. The van der Waals surface area contributed by atoms with Gasteiger partial charge in [-0.2, -0.15) is 13.9 Å². The highest BCUT2D eigenvalue weighted by molar-refractivity contribution is 14.0. The molecule has 0 aliphatic heterocycles. The molecule has 33 heavy (non-hydrogen) atoms. The summed E-state index contributed by atoms with van der Waals surface area (Å²) in [7, 11) is 1.52. The minimum absolute atomic E-state index is 0. The monoisotopic (exact) mass is 572 g/mol. The number of alkyl halides is 2. The van der Waals surface area contributed by atoms with Crippen molar-refractivity contribution < 1.29 is 18.3 Å². The van der Waals surface area contributed by atoms with E-state index in [1.54, 1.807) is 23.1 Å². The highest BCUT2D eigenvalue weighted by Crippen LogP contribution is 2.25. The van der Waals surface area contributed by atoms with Crippen molar-refractivity contribution in [2.45, 2.75) is 33.2 Å². The van der Waals surface area contributed by atoms with E-state index in [1.807, 2.05) is 25.1 Å². The van der Waals surface area contributed by atoms with Crippen LogP contribution >= 0.6 is 24.0 Å². The Morgan fingerprint density at radius 2 is 1.97 bits per heavy atom. The van der Waals surface area contributed by atoms with Crippen LogP contribution in [0.2, 0.25) is 0 Å². The molecule has 0 unspecified atom stereocenters. The zero-order chi connectivity index (χ0) is 22.8. The van der Waals surface area contributed by atoms with E-state index in [0.717, 1.165) is 11.1 Å². The summed E-state index contributed by atoms with van der Waals surface area (Å²) in [6.07, 6.45) is 3.17. The van der Waals surface area contributed by atoms with Gasteiger partial charge in [0.15, 0.2) is 5.96 Å². The topological polar surface area (TPSA) is 85.6 Å². The smallest absolute Gasteiger partial charge is 0.387 e. The number of aromatic nitrogens is 3. The molecule has 1 aromatic heterocycles. The van der Waals surface area contributed by atoms with E-state index in [0.29, 0.717) is 36.9 Å². The van der Waals surface area contributed by atoms with Crippen molar-refractivity contribution in [3.63, 3.8) is 0 Å². The molecule has 1 heterocycles. The molecule has 3 rings (SSSR count). The van der Waals surface area contributed by atoms with Crippen LogP contribution < -0.4 is 20.1 Å². The van der Waals surface area contributed by atoms with Gasteiger partial charge in [-0.05, 0) is 36.2 Å². The number of methoxy groups -OCH3 is 1. The molecule has 2 aromatic carbocycles. The fraction of sp³-hybridized carbons (Fsp3) is 0.318. The number of halogens is 3. The molecule has 8 nitrogen and oxygen atoms in total. The first-order valence-electron chi connectivity index (χ1n) is 10.1. The highest BCUT2D eigenvalue weighted by atomic mass is 127. The summed E-state index contributed by atoms with van der Waals surface area (Å²) in [4.78, 5) is 8.56. The van der Waals surface area contributed by atoms with E-state index in [9.17, 15) is 8.78 Å². The zero-order valence-corrected chi connectivity index (χ0v) is 20.7. The number of ether oxygens (including phenoxy) is 2. The average Bonchev–Trinajstić information content (AvgIpc) is 3.29. The zero-order valence-electron chi connectivity index (χ0n) is 18.4. The molecule has 0 saturated carbocycles. The predicted molar refractivity (Wildman–Crippen MR) is 132 cm³/mol. The van der Waals surface area contributed by atoms with Crippen molar-refractivity contribution in [3.8, 4) is 11.5 Å². The van der Waals surface area contributed by atoms with Gasteiger partial charge in [-0.1, -0.05) is 24.3 Å². The molecule has 2 N–H and O–H groups in total. The lowest BCUT2D eigenvalue weighted by Gasteiger charge is -2.15. The van der Waals surface area contributed by atoms with Crippen molar-refractivity contribution in [2.75, 3.05) is 13.7 Å². The molecule has 0 amide bonds. The van der Waals surface area contributed by atoms with E-state index < -0.39 is 6.61 Å². The fourth-order valence-corrected chi connectivity index (χ4v) is 3.05. The maximum Gasteiger partial charge on any atom is 0.387 e. The number of hydrogen-bond acceptors (Lipinski definition) is 5. The number of nitrogens with one attached hydrogen (secondary N) is 2. The van der Waals surface area contributed by atoms with Crippen LogP contribution in [0.25, 0.3) is 0 Å². The van der Waals surface area contributed by atoms with E-state index in [1.165, 1.54) is 19.5 Å². The number of guanidine groups is 1. The molecule has 0 atom stereocenters. The Morgan fingerprint density at radius 1 is 1.15 bits per heavy atom. The summed E-state index contributed by atoms with van der Waals surface area (Å²) >= 11 is 0. The Kier molecular flexibility index (Phi) is 10.8. The normalized spacial score (nSPS) is 11.1. The molecule has 0 radical (unpaired) electrons. The first-order chi connectivity index (χ1) is 15.6. The number of nitrogens with zero attached hydrogens (tertiary/aromatic N) is 4. The van der Waals surface area contributed by atoms with Crippen molar-refractivity contribution in [1.82, 2.24) is 25.4 Å². The molecule has 11 heteroatoms. The van der Waals surface area contributed by atoms with Crippen molar-refractivity contribution in [2.24, 2.45) is 4.99 Å². The average molecular weight is 572 g/mol. The van der Waals surface area contributed by atoms with E-state index >= 15 is 0 Å². The van der Waals surface area contributed by atoms with Crippen LogP contribution in [-0.4, -0.2) is 41.0 Å². The Bertz CT molecular complexity index is 1020. The summed E-state index contributed by atoms with van der Waals surface area (Å²) in [6.45, 7) is 0.993. The standard InChI is InChI=1S/C22H26F2N6O2.HI/c1-3-26-22(28-12-18-10-19(31-2)7-8-20(18)32-21(23)24)27-11-16-5-4-6-17(9-16)13-30-15-25-14-29-30;/h4-10,14-15,21H,3,11-13H2,1-2H3,(H2,26,27,28);1H. The van der Waals surface area contributed by atoms with Crippen LogP contribution in [0.15, 0.2) is 60.1 Å². The molecular formula is C22H27F2IN6O2. The first kappa shape index (κ1) is 26.3. The third kappa shape index (κ3) is 8.48. The van der Waals surface area contributed by atoms with Crippen LogP contribution in [0.1, 0.15) is 23.6 Å². The number of benzene rings is 2. The van der Waals surface area contributed by atoms with Crippen LogP contribution in [0.5, 0.6) is 11.5 Å². The van der Waals surface area contributed by atoms with Gasteiger partial charge in [-0.25, -0.2) is 14.7 Å². The largest absolute Gasteiger partial charge is 0.497 e. The van der Waals surface area contributed by atoms with E-state index in [-0.39, 0.29) is 36.3 Å². The molecule has 0 saturated heterocycles. The lowest BCUT2D eigenvalue weighted by molar-refractivity contribution is -0.0504. The van der Waals surface area contributed by atoms with E-state index in [2.05, 4.69) is 36.5 Å². The van der Waals surface area contributed by atoms with Gasteiger partial charge in [-0.15, -0.1) is 24.0 Å². The molecule has 0 bridgehead atoms. The lowest BCUT2D eigenvalue weighted by Crippen LogP contribution is -2.36. The molecule has 178 valence electrons. The van der Waals surface area contributed by atoms with Gasteiger partial charge in [0.05, 0.1) is 20.2 Å². The quantitative estimate of drug-likeness (QED) is 0.219. The Balaban J connectivity index is 0.00000385. The van der Waals surface area contributed by atoms with Gasteiger partial charge in [0.25, 0.3) is 0 Å². The van der Waals surface area contributed by atoms with Gasteiger partial charge in [0.1, 0.15) is 24.2 Å².